The van der Waals surface area contributed by atoms with Gasteiger partial charge < -0.3 is 28.6 Å². The Labute approximate surface area is 292 Å². The van der Waals surface area contributed by atoms with Crippen LogP contribution in [0.5, 0.6) is 0 Å². The van der Waals surface area contributed by atoms with Crippen LogP contribution in [0.4, 0.5) is 0 Å². The van der Waals surface area contributed by atoms with Crippen LogP contribution < -0.4 is 5.11 Å². The fourth-order valence-corrected chi connectivity index (χ4v) is 4.81. The summed E-state index contributed by atoms with van der Waals surface area (Å²) in [4.78, 5) is 36.4. The normalized spacial score (nSPS) is 13.8. The molecule has 0 aliphatic rings. The first-order valence-electron chi connectivity index (χ1n) is 18.3. The van der Waals surface area contributed by atoms with Gasteiger partial charge >= 0.3 is 11.9 Å². The summed E-state index contributed by atoms with van der Waals surface area (Å²) in [5, 5.41) is 11.5. The molecule has 0 amide bonds. The van der Waals surface area contributed by atoms with Crippen LogP contribution in [-0.2, 0) is 28.6 Å². The topological polar surface area (TPSA) is 102 Å². The summed E-state index contributed by atoms with van der Waals surface area (Å²) in [6.07, 6.45) is 35.5. The Morgan fingerprint density at radius 1 is 0.646 bits per heavy atom. The Morgan fingerprint density at radius 3 is 1.71 bits per heavy atom. The first-order chi connectivity index (χ1) is 23.1. The minimum Gasteiger partial charge on any atom is -0.544 e. The van der Waals surface area contributed by atoms with Crippen LogP contribution in [0.1, 0.15) is 123 Å². The molecule has 0 saturated carbocycles. The van der Waals surface area contributed by atoms with Crippen molar-refractivity contribution in [3.8, 4) is 0 Å². The average Bonchev–Trinajstić information content (AvgIpc) is 3.03. The molecule has 0 saturated heterocycles. The molecule has 0 aromatic rings. The number of nitrogens with zero attached hydrogens (tertiary/aromatic N) is 1. The molecule has 0 aromatic heterocycles. The predicted molar refractivity (Wildman–Crippen MR) is 194 cm³/mol. The van der Waals surface area contributed by atoms with E-state index in [1.165, 1.54) is 25.7 Å². The Balaban J connectivity index is 4.52. The summed E-state index contributed by atoms with van der Waals surface area (Å²) >= 11 is 0. The first kappa shape index (κ1) is 45.0. The monoisotopic (exact) mass is 673 g/mol. The van der Waals surface area contributed by atoms with Crippen LogP contribution in [0.15, 0.2) is 60.8 Å². The highest BCUT2D eigenvalue weighted by atomic mass is 16.6. The van der Waals surface area contributed by atoms with Gasteiger partial charge in [-0.3, -0.25) is 9.59 Å². The van der Waals surface area contributed by atoms with E-state index in [0.717, 1.165) is 57.8 Å². The number of hydrogen-bond donors (Lipinski definition) is 0. The summed E-state index contributed by atoms with van der Waals surface area (Å²) in [6.45, 7) is 4.41. The number of rotatable bonds is 31. The summed E-state index contributed by atoms with van der Waals surface area (Å²) < 4.78 is 16.9. The lowest BCUT2D eigenvalue weighted by Crippen LogP contribution is -2.55. The van der Waals surface area contributed by atoms with E-state index in [-0.39, 0.29) is 49.1 Å². The molecule has 48 heavy (non-hydrogen) atoms. The van der Waals surface area contributed by atoms with Crippen LogP contribution in [-0.4, -0.2) is 75.5 Å². The van der Waals surface area contributed by atoms with Crippen molar-refractivity contribution < 1.29 is 38.2 Å². The van der Waals surface area contributed by atoms with E-state index in [2.05, 4.69) is 74.6 Å². The second-order valence-corrected chi connectivity index (χ2v) is 13.1. The minimum atomic E-state index is -1.14. The number of quaternary nitrogens is 1. The lowest BCUT2D eigenvalue weighted by atomic mass is 10.1. The van der Waals surface area contributed by atoms with Gasteiger partial charge in [-0.2, -0.15) is 0 Å². The van der Waals surface area contributed by atoms with Crippen molar-refractivity contribution in [2.75, 3.05) is 41.0 Å². The van der Waals surface area contributed by atoms with Gasteiger partial charge in [-0.1, -0.05) is 113 Å². The molecule has 0 fully saturated rings. The van der Waals surface area contributed by atoms with E-state index in [0.29, 0.717) is 12.8 Å². The van der Waals surface area contributed by atoms with Crippen LogP contribution in [0.25, 0.3) is 0 Å². The van der Waals surface area contributed by atoms with Gasteiger partial charge in [0.25, 0.3) is 0 Å². The number of allylic oxidation sites excluding steroid dienone is 10. The molecule has 2 unspecified atom stereocenters. The lowest BCUT2D eigenvalue weighted by molar-refractivity contribution is -0.889. The maximum absolute atomic E-state index is 12.6. The van der Waals surface area contributed by atoms with Crippen molar-refractivity contribution >= 4 is 17.9 Å². The van der Waals surface area contributed by atoms with Crippen LogP contribution >= 0.6 is 0 Å². The van der Waals surface area contributed by atoms with Gasteiger partial charge in [0, 0.05) is 19.3 Å². The van der Waals surface area contributed by atoms with Crippen molar-refractivity contribution in [1.82, 2.24) is 0 Å². The fraction of sp³-hybridized carbons (Fsp3) is 0.675. The molecular weight excluding hydrogens is 606 g/mol. The summed E-state index contributed by atoms with van der Waals surface area (Å²) in [5.41, 5.74) is 0. The zero-order valence-electron chi connectivity index (χ0n) is 30.9. The molecule has 0 heterocycles. The second kappa shape index (κ2) is 31.3. The number of likely N-dealkylation sites (N-methyl/N-ethyl adjacent to an activating group) is 1. The number of ether oxygens (including phenoxy) is 3. The molecule has 0 rings (SSSR count). The molecular formula is C40H67NO7. The average molecular weight is 674 g/mol. The number of hydrogen-bond acceptors (Lipinski definition) is 7. The number of carbonyl (C=O) groups is 3. The third-order valence-electron chi connectivity index (χ3n) is 7.67. The SMILES string of the molecule is CC/C=C/C/C=C/C/C=C/C/C=C/C/C=C/CCCC(=O)OC(COCCC(C(=O)[O-])[N+](C)(C)C)COC(=O)CCCCCCCCC. The molecule has 0 spiro atoms. The minimum absolute atomic E-state index is 0.0160. The molecule has 0 aliphatic heterocycles. The van der Waals surface area contributed by atoms with Gasteiger partial charge in [0.05, 0.1) is 40.3 Å². The van der Waals surface area contributed by atoms with Crippen LogP contribution in [0.3, 0.4) is 0 Å². The zero-order chi connectivity index (χ0) is 35.7. The Hall–Kier alpha value is -2.97. The molecule has 0 aliphatic carbocycles. The molecule has 0 N–H and O–H groups in total. The summed E-state index contributed by atoms with van der Waals surface area (Å²) in [7, 11) is 5.36. The molecule has 0 radical (unpaired) electrons. The molecule has 0 aromatic carbocycles. The van der Waals surface area contributed by atoms with Gasteiger partial charge in [0.15, 0.2) is 6.10 Å². The Morgan fingerprint density at radius 2 is 1.17 bits per heavy atom. The number of carboxylic acid groups (broad SMARTS) is 1. The predicted octanol–water partition coefficient (Wildman–Crippen LogP) is 7.74. The van der Waals surface area contributed by atoms with Gasteiger partial charge in [0.2, 0.25) is 0 Å². The van der Waals surface area contributed by atoms with E-state index in [1.54, 1.807) is 21.1 Å². The zero-order valence-corrected chi connectivity index (χ0v) is 30.9. The van der Waals surface area contributed by atoms with Crippen molar-refractivity contribution in [3.63, 3.8) is 0 Å². The summed E-state index contributed by atoms with van der Waals surface area (Å²) in [6, 6.07) is -0.734. The third kappa shape index (κ3) is 29.2. The number of esters is 2. The third-order valence-corrected chi connectivity index (χ3v) is 7.67. The lowest BCUT2D eigenvalue weighted by Gasteiger charge is -2.34. The molecule has 274 valence electrons. The maximum Gasteiger partial charge on any atom is 0.306 e. The van der Waals surface area contributed by atoms with Crippen molar-refractivity contribution in [2.45, 2.75) is 135 Å². The molecule has 0 bridgehead atoms. The van der Waals surface area contributed by atoms with Gasteiger partial charge in [0.1, 0.15) is 12.6 Å². The van der Waals surface area contributed by atoms with Crippen LogP contribution in [0.2, 0.25) is 0 Å². The van der Waals surface area contributed by atoms with E-state index in [9.17, 15) is 19.5 Å². The van der Waals surface area contributed by atoms with E-state index in [4.69, 9.17) is 14.2 Å². The van der Waals surface area contributed by atoms with Gasteiger partial charge in [-0.15, -0.1) is 0 Å². The van der Waals surface area contributed by atoms with Crippen LogP contribution in [0, 0.1) is 0 Å². The highest BCUT2D eigenvalue weighted by Crippen LogP contribution is 2.11. The smallest absolute Gasteiger partial charge is 0.306 e. The standard InChI is InChI=1S/C40H67NO7/c1-6-8-10-12-14-15-16-17-18-19-20-21-22-23-25-27-29-31-39(43)48-36(34-46-33-32-37(40(44)45)41(3,4)5)35-47-38(42)30-28-26-24-13-11-9-7-2/h8,10,14-15,17-18,20-21,23,25,36-37H,6-7,9,11-13,16,19,22,24,26-35H2,1-5H3/b10-8+,15-14+,18-17+,21-20+,25-23+. The van der Waals surface area contributed by atoms with Gasteiger partial charge in [-0.05, 0) is 51.4 Å². The fourth-order valence-electron chi connectivity index (χ4n) is 4.81. The largest absolute Gasteiger partial charge is 0.544 e. The highest BCUT2D eigenvalue weighted by molar-refractivity contribution is 5.70. The Kier molecular flexibility index (Phi) is 29.4. The number of unbranched alkanes of at least 4 members (excludes halogenated alkanes) is 7. The number of carbonyl (C=O) groups excluding carboxylic acids is 3. The molecule has 8 heteroatoms. The van der Waals surface area contributed by atoms with Crippen molar-refractivity contribution in [3.05, 3.63) is 60.8 Å². The molecule has 8 nitrogen and oxygen atoms in total. The number of carboxylic acids is 1. The highest BCUT2D eigenvalue weighted by Gasteiger charge is 2.25. The quantitative estimate of drug-likeness (QED) is 0.0321. The Bertz CT molecular complexity index is 975. The van der Waals surface area contributed by atoms with E-state index < -0.39 is 18.1 Å². The number of aliphatic carboxylic acids is 1. The maximum atomic E-state index is 12.6. The first-order valence-corrected chi connectivity index (χ1v) is 18.3. The van der Waals surface area contributed by atoms with Crippen molar-refractivity contribution in [2.24, 2.45) is 0 Å². The van der Waals surface area contributed by atoms with E-state index in [1.807, 2.05) is 0 Å². The van der Waals surface area contributed by atoms with E-state index >= 15 is 0 Å². The van der Waals surface area contributed by atoms with Crippen molar-refractivity contribution in [1.29, 1.82) is 0 Å². The summed E-state index contributed by atoms with van der Waals surface area (Å²) in [5.74, 6) is -1.83. The molecule has 2 atom stereocenters. The van der Waals surface area contributed by atoms with Gasteiger partial charge in [-0.25, -0.2) is 0 Å². The second-order valence-electron chi connectivity index (χ2n) is 13.1.